The summed E-state index contributed by atoms with van der Waals surface area (Å²) in [5, 5.41) is -0.131. The van der Waals surface area contributed by atoms with Crippen molar-refractivity contribution in [2.24, 2.45) is 0 Å². The lowest BCUT2D eigenvalue weighted by Gasteiger charge is -2.11. The largest absolute Gasteiger partial charge is 0.490 e. The van der Waals surface area contributed by atoms with Gasteiger partial charge in [0.1, 0.15) is 22.3 Å². The van der Waals surface area contributed by atoms with Crippen LogP contribution in [-0.2, 0) is 13.8 Å². The Hall–Kier alpha value is -0.200. The van der Waals surface area contributed by atoms with Gasteiger partial charge >= 0.3 is 0 Å². The Kier molecular flexibility index (Phi) is 7.40. The molecular formula is C12H15Cl3O4S. The van der Waals surface area contributed by atoms with Crippen LogP contribution >= 0.6 is 33.9 Å². The van der Waals surface area contributed by atoms with Gasteiger partial charge in [0.2, 0.25) is 0 Å². The molecule has 0 saturated heterocycles. The van der Waals surface area contributed by atoms with E-state index >= 15 is 0 Å². The highest BCUT2D eigenvalue weighted by atomic mass is 35.7. The maximum atomic E-state index is 11.2. The molecule has 0 amide bonds. The Morgan fingerprint density at radius 3 is 2.40 bits per heavy atom. The van der Waals surface area contributed by atoms with Crippen molar-refractivity contribution in [1.82, 2.24) is 0 Å². The smallest absolute Gasteiger partial charge is 0.262 e. The number of rotatable bonds is 8. The zero-order chi connectivity index (χ0) is 15.2. The van der Waals surface area contributed by atoms with Crippen molar-refractivity contribution in [1.29, 1.82) is 0 Å². The molecule has 0 bridgehead atoms. The first-order valence-electron chi connectivity index (χ1n) is 6.01. The van der Waals surface area contributed by atoms with Gasteiger partial charge in [0.25, 0.3) is 9.05 Å². The zero-order valence-corrected chi connectivity index (χ0v) is 13.9. The van der Waals surface area contributed by atoms with Crippen molar-refractivity contribution in [3.63, 3.8) is 0 Å². The van der Waals surface area contributed by atoms with Gasteiger partial charge in [-0.2, -0.15) is 0 Å². The normalized spacial score (nSPS) is 11.6. The quantitative estimate of drug-likeness (QED) is 0.516. The Labute approximate surface area is 133 Å². The Bertz CT molecular complexity index is 546. The second-order valence-electron chi connectivity index (χ2n) is 3.94. The number of hydrogen-bond donors (Lipinski definition) is 0. The van der Waals surface area contributed by atoms with Crippen LogP contribution in [-0.4, -0.2) is 28.2 Å². The number of unbranched alkanes of at least 4 members (excludes halogenated alkanes) is 1. The second kappa shape index (κ2) is 8.29. The van der Waals surface area contributed by atoms with Gasteiger partial charge in [-0.05, 0) is 18.6 Å². The minimum atomic E-state index is -3.93. The summed E-state index contributed by atoms with van der Waals surface area (Å²) in [7, 11) is 1.30. The zero-order valence-electron chi connectivity index (χ0n) is 10.9. The fourth-order valence-corrected chi connectivity index (χ4v) is 3.16. The van der Waals surface area contributed by atoms with Crippen LogP contribution in [0.1, 0.15) is 19.8 Å². The maximum Gasteiger partial charge on any atom is 0.262 e. The molecule has 0 radical (unpaired) electrons. The molecule has 0 N–H and O–H groups in total. The molecule has 20 heavy (non-hydrogen) atoms. The van der Waals surface area contributed by atoms with E-state index in [0.29, 0.717) is 25.6 Å². The van der Waals surface area contributed by atoms with Gasteiger partial charge in [-0.1, -0.05) is 36.5 Å². The molecule has 0 spiro atoms. The molecule has 1 aromatic rings. The van der Waals surface area contributed by atoms with Crippen LogP contribution in [0.15, 0.2) is 17.0 Å². The molecule has 0 heterocycles. The van der Waals surface area contributed by atoms with Crippen molar-refractivity contribution in [3.8, 4) is 5.75 Å². The van der Waals surface area contributed by atoms with Crippen LogP contribution in [0.5, 0.6) is 5.75 Å². The average Bonchev–Trinajstić information content (AvgIpc) is 2.37. The Balaban J connectivity index is 2.63. The minimum Gasteiger partial charge on any atom is -0.490 e. The summed E-state index contributed by atoms with van der Waals surface area (Å²) in [5.41, 5.74) is 0. The van der Waals surface area contributed by atoms with Crippen LogP contribution in [0.3, 0.4) is 0 Å². The van der Waals surface area contributed by atoms with Crippen LogP contribution < -0.4 is 4.74 Å². The highest BCUT2D eigenvalue weighted by Gasteiger charge is 2.19. The Morgan fingerprint density at radius 2 is 1.80 bits per heavy atom. The van der Waals surface area contributed by atoms with E-state index in [1.54, 1.807) is 0 Å². The van der Waals surface area contributed by atoms with Crippen LogP contribution in [0.2, 0.25) is 10.0 Å². The molecule has 8 heteroatoms. The highest BCUT2D eigenvalue weighted by Crippen LogP contribution is 2.37. The molecule has 0 aromatic heterocycles. The van der Waals surface area contributed by atoms with E-state index in [1.165, 1.54) is 12.1 Å². The molecule has 0 aliphatic rings. The lowest BCUT2D eigenvalue weighted by atomic mass is 10.3. The maximum absolute atomic E-state index is 11.2. The number of benzene rings is 1. The van der Waals surface area contributed by atoms with E-state index in [9.17, 15) is 8.42 Å². The molecule has 114 valence electrons. The standard InChI is InChI=1S/C12H15Cl3O4S/c1-2-3-6-18-7-8-19-9-4-5-10(20(15,16)17)12(14)11(9)13/h4-5H,2-3,6-8H2,1H3. The predicted octanol–water partition coefficient (Wildman–Crippen LogP) is 4.12. The van der Waals surface area contributed by atoms with Gasteiger partial charge in [-0.3, -0.25) is 0 Å². The molecule has 1 aromatic carbocycles. The average molecular weight is 362 g/mol. The summed E-state index contributed by atoms with van der Waals surface area (Å²) >= 11 is 11.8. The summed E-state index contributed by atoms with van der Waals surface area (Å²) in [4.78, 5) is -0.239. The summed E-state index contributed by atoms with van der Waals surface area (Å²) < 4.78 is 33.2. The molecule has 0 unspecified atom stereocenters. The Morgan fingerprint density at radius 1 is 1.10 bits per heavy atom. The van der Waals surface area contributed by atoms with Gasteiger partial charge in [0.05, 0.1) is 11.6 Å². The molecular weight excluding hydrogens is 347 g/mol. The fraction of sp³-hybridized carbons (Fsp3) is 0.500. The van der Waals surface area contributed by atoms with Crippen LogP contribution in [0.4, 0.5) is 0 Å². The van der Waals surface area contributed by atoms with Gasteiger partial charge in [0, 0.05) is 17.3 Å². The third-order valence-corrected chi connectivity index (χ3v) is 4.74. The summed E-state index contributed by atoms with van der Waals surface area (Å²) in [6.45, 7) is 3.47. The van der Waals surface area contributed by atoms with Gasteiger partial charge in [0.15, 0.2) is 0 Å². The summed E-state index contributed by atoms with van der Waals surface area (Å²) in [6, 6.07) is 2.67. The second-order valence-corrected chi connectivity index (χ2v) is 7.23. The fourth-order valence-electron chi connectivity index (χ4n) is 1.37. The predicted molar refractivity (Wildman–Crippen MR) is 80.7 cm³/mol. The minimum absolute atomic E-state index is 0.0157. The number of ether oxygens (including phenoxy) is 2. The summed E-state index contributed by atoms with van der Waals surface area (Å²) in [6.07, 6.45) is 2.06. The van der Waals surface area contributed by atoms with E-state index in [2.05, 4.69) is 6.92 Å². The van der Waals surface area contributed by atoms with E-state index in [-0.39, 0.29) is 14.9 Å². The summed E-state index contributed by atoms with van der Waals surface area (Å²) in [5.74, 6) is 0.292. The molecule has 0 aliphatic carbocycles. The van der Waals surface area contributed by atoms with Crippen molar-refractivity contribution in [2.75, 3.05) is 19.8 Å². The van der Waals surface area contributed by atoms with Gasteiger partial charge < -0.3 is 9.47 Å². The lowest BCUT2D eigenvalue weighted by molar-refractivity contribution is 0.0981. The van der Waals surface area contributed by atoms with E-state index in [1.807, 2.05) is 0 Å². The van der Waals surface area contributed by atoms with Crippen molar-refractivity contribution in [3.05, 3.63) is 22.2 Å². The highest BCUT2D eigenvalue weighted by molar-refractivity contribution is 8.13. The van der Waals surface area contributed by atoms with Crippen molar-refractivity contribution >= 4 is 42.9 Å². The van der Waals surface area contributed by atoms with Crippen molar-refractivity contribution in [2.45, 2.75) is 24.7 Å². The molecule has 0 saturated carbocycles. The van der Waals surface area contributed by atoms with Gasteiger partial charge in [-0.15, -0.1) is 0 Å². The van der Waals surface area contributed by atoms with Crippen LogP contribution in [0, 0.1) is 0 Å². The SMILES string of the molecule is CCCCOCCOc1ccc(S(=O)(=O)Cl)c(Cl)c1Cl. The first kappa shape index (κ1) is 17.9. The van der Waals surface area contributed by atoms with Gasteiger partial charge in [-0.25, -0.2) is 8.42 Å². The van der Waals surface area contributed by atoms with E-state index < -0.39 is 9.05 Å². The monoisotopic (exact) mass is 360 g/mol. The van der Waals surface area contributed by atoms with E-state index in [0.717, 1.165) is 12.8 Å². The first-order valence-corrected chi connectivity index (χ1v) is 9.07. The lowest BCUT2D eigenvalue weighted by Crippen LogP contribution is -2.08. The molecule has 4 nitrogen and oxygen atoms in total. The number of halogens is 3. The number of hydrogen-bond acceptors (Lipinski definition) is 4. The molecule has 0 fully saturated rings. The van der Waals surface area contributed by atoms with Crippen LogP contribution in [0.25, 0.3) is 0 Å². The van der Waals surface area contributed by atoms with Crippen molar-refractivity contribution < 1.29 is 17.9 Å². The molecule has 0 atom stereocenters. The first-order chi connectivity index (χ1) is 9.38. The third kappa shape index (κ3) is 5.30. The molecule has 0 aliphatic heterocycles. The van der Waals surface area contributed by atoms with E-state index in [4.69, 9.17) is 43.4 Å². The topological polar surface area (TPSA) is 52.6 Å². The molecule has 1 rings (SSSR count). The third-order valence-electron chi connectivity index (χ3n) is 2.40.